The van der Waals surface area contributed by atoms with Gasteiger partial charge in [-0.3, -0.25) is 14.5 Å². The van der Waals surface area contributed by atoms with E-state index in [1.165, 1.54) is 17.3 Å². The van der Waals surface area contributed by atoms with Crippen molar-refractivity contribution in [1.82, 2.24) is 0 Å². The predicted molar refractivity (Wildman–Crippen MR) is 115 cm³/mol. The maximum Gasteiger partial charge on any atom is 0.269 e. The molecule has 4 aliphatic heterocycles. The molecule has 1 saturated heterocycles. The lowest BCUT2D eigenvalue weighted by Crippen LogP contribution is -2.56. The number of hydrogen-bond acceptors (Lipinski definition) is 5. The summed E-state index contributed by atoms with van der Waals surface area (Å²) in [6.45, 7) is 6.61. The number of hydrogen-bond donors (Lipinski definition) is 0. The smallest absolute Gasteiger partial charge is 0.269 e. The summed E-state index contributed by atoms with van der Waals surface area (Å²) in [4.78, 5) is 29.9. The van der Waals surface area contributed by atoms with Gasteiger partial charge in [-0.2, -0.15) is 0 Å². The fraction of sp³-hybridized carbons (Fsp3) is 0.391. The molecule has 6 rings (SSSR count). The summed E-state index contributed by atoms with van der Waals surface area (Å²) < 4.78 is 11.0. The van der Waals surface area contributed by atoms with E-state index in [-0.39, 0.29) is 29.9 Å². The first-order valence-electron chi connectivity index (χ1n) is 10.2. The molecule has 2 aromatic rings. The summed E-state index contributed by atoms with van der Waals surface area (Å²) in [6, 6.07) is 11.6. The molecule has 1 fully saturated rings. The second kappa shape index (κ2) is 5.72. The number of ether oxygens (including phenoxy) is 2. The lowest BCUT2D eigenvalue weighted by atomic mass is 9.80. The van der Waals surface area contributed by atoms with E-state index < -0.39 is 4.87 Å². The van der Waals surface area contributed by atoms with Gasteiger partial charge >= 0.3 is 0 Å². The number of carbonyl (C=O) groups excluding carboxylic acids is 2. The fourth-order valence-corrected chi connectivity index (χ4v) is 6.89. The molecular formula is C23H22N2O4S. The first-order chi connectivity index (χ1) is 14.3. The van der Waals surface area contributed by atoms with E-state index in [0.717, 1.165) is 17.7 Å². The number of nitrogens with zero attached hydrogens (tertiary/aromatic N) is 2. The molecule has 7 heteroatoms. The number of thioether (sulfide) groups is 1. The normalized spacial score (nSPS) is 27.9. The molecule has 0 N–H and O–H groups in total. The second-order valence-corrected chi connectivity index (χ2v) is 10.2. The van der Waals surface area contributed by atoms with Crippen molar-refractivity contribution in [2.75, 3.05) is 22.3 Å². The zero-order chi connectivity index (χ0) is 20.8. The van der Waals surface area contributed by atoms with Gasteiger partial charge in [0.15, 0.2) is 11.5 Å². The summed E-state index contributed by atoms with van der Waals surface area (Å²) in [5.74, 6) is 1.75. The summed E-state index contributed by atoms with van der Waals surface area (Å²) >= 11 is 1.42. The van der Waals surface area contributed by atoms with Crippen LogP contribution in [0.5, 0.6) is 11.5 Å². The zero-order valence-electron chi connectivity index (χ0n) is 17.1. The molecule has 4 aliphatic rings. The van der Waals surface area contributed by atoms with Crippen LogP contribution in [-0.4, -0.2) is 29.9 Å². The highest BCUT2D eigenvalue weighted by atomic mass is 32.2. The summed E-state index contributed by atoms with van der Waals surface area (Å²) in [7, 11) is 0. The minimum atomic E-state index is -1.09. The number of rotatable bonds is 1. The molecular weight excluding hydrogens is 400 g/mol. The van der Waals surface area contributed by atoms with Crippen molar-refractivity contribution < 1.29 is 19.1 Å². The summed E-state index contributed by atoms with van der Waals surface area (Å²) in [5, 5.41) is 0. The third-order valence-electron chi connectivity index (χ3n) is 6.67. The summed E-state index contributed by atoms with van der Waals surface area (Å²) in [5.41, 5.74) is 3.42. The molecule has 0 aromatic heterocycles. The zero-order valence-corrected chi connectivity index (χ0v) is 17.9. The van der Waals surface area contributed by atoms with Crippen LogP contribution >= 0.6 is 11.8 Å². The fourth-order valence-electron chi connectivity index (χ4n) is 5.56. The molecule has 154 valence electrons. The molecule has 1 spiro atoms. The van der Waals surface area contributed by atoms with Gasteiger partial charge in [0, 0.05) is 22.9 Å². The third kappa shape index (κ3) is 2.06. The molecule has 2 unspecified atom stereocenters. The first-order valence-corrected chi connectivity index (χ1v) is 11.2. The predicted octanol–water partition coefficient (Wildman–Crippen LogP) is 3.98. The van der Waals surface area contributed by atoms with E-state index in [1.807, 2.05) is 23.1 Å². The highest BCUT2D eigenvalue weighted by molar-refractivity contribution is 8.02. The molecule has 0 aliphatic carbocycles. The van der Waals surface area contributed by atoms with Crippen LogP contribution in [-0.2, 0) is 14.5 Å². The minimum Gasteiger partial charge on any atom is -0.454 e. The van der Waals surface area contributed by atoms with Gasteiger partial charge in [0.2, 0.25) is 17.6 Å². The number of amides is 2. The Balaban J connectivity index is 1.59. The van der Waals surface area contributed by atoms with Crippen molar-refractivity contribution >= 4 is 35.0 Å². The van der Waals surface area contributed by atoms with Gasteiger partial charge in [0.25, 0.3) is 5.91 Å². The van der Waals surface area contributed by atoms with Gasteiger partial charge in [-0.1, -0.05) is 25.1 Å². The van der Waals surface area contributed by atoms with Crippen molar-refractivity contribution in [2.45, 2.75) is 43.5 Å². The van der Waals surface area contributed by atoms with E-state index in [2.05, 4.69) is 26.8 Å². The number of carbonyl (C=O) groups is 2. The van der Waals surface area contributed by atoms with Crippen LogP contribution in [0.4, 0.5) is 11.4 Å². The standard InChI is InChI=1S/C23H22N2O4S/c1-13-10-22(2,3)25-20-15(13)5-4-6-16(20)23(21(25)27)24(19(26)11-30-23)14-7-8-17-18(9-14)29-12-28-17/h4-9,13H,10-12H2,1-3H3. The minimum absolute atomic E-state index is 0.0321. The van der Waals surface area contributed by atoms with Crippen molar-refractivity contribution in [1.29, 1.82) is 0 Å². The Labute approximate surface area is 179 Å². The number of fused-ring (bicyclic) bond motifs is 2. The molecule has 2 amide bonds. The van der Waals surface area contributed by atoms with Crippen LogP contribution in [0.2, 0.25) is 0 Å². The largest absolute Gasteiger partial charge is 0.454 e. The van der Waals surface area contributed by atoms with Gasteiger partial charge in [-0.05, 0) is 43.9 Å². The maximum atomic E-state index is 14.1. The van der Waals surface area contributed by atoms with Crippen molar-refractivity contribution in [3.8, 4) is 11.5 Å². The van der Waals surface area contributed by atoms with Crippen LogP contribution in [0.15, 0.2) is 36.4 Å². The molecule has 6 nitrogen and oxygen atoms in total. The van der Waals surface area contributed by atoms with E-state index in [1.54, 1.807) is 17.0 Å². The van der Waals surface area contributed by atoms with Crippen LogP contribution in [0.25, 0.3) is 0 Å². The molecule has 0 radical (unpaired) electrons. The second-order valence-electron chi connectivity index (χ2n) is 9.00. The van der Waals surface area contributed by atoms with Crippen molar-refractivity contribution in [3.63, 3.8) is 0 Å². The van der Waals surface area contributed by atoms with Gasteiger partial charge in [-0.25, -0.2) is 0 Å². The number of anilines is 2. The van der Waals surface area contributed by atoms with Crippen LogP contribution in [0.1, 0.15) is 44.2 Å². The first kappa shape index (κ1) is 18.1. The van der Waals surface area contributed by atoms with E-state index in [4.69, 9.17) is 9.47 Å². The van der Waals surface area contributed by atoms with E-state index in [0.29, 0.717) is 23.1 Å². The SMILES string of the molecule is CC1CC(C)(C)N2C(=O)C3(SCC(=O)N3c3ccc4c(c3)OCO4)c3cccc1c32. The topological polar surface area (TPSA) is 59.1 Å². The molecule has 0 bridgehead atoms. The van der Waals surface area contributed by atoms with Crippen molar-refractivity contribution in [2.24, 2.45) is 0 Å². The Kier molecular flexibility index (Phi) is 3.46. The van der Waals surface area contributed by atoms with Crippen LogP contribution < -0.4 is 19.3 Å². The van der Waals surface area contributed by atoms with Gasteiger partial charge in [0.05, 0.1) is 11.4 Å². The Morgan fingerprint density at radius 3 is 2.70 bits per heavy atom. The number of para-hydroxylation sites is 1. The van der Waals surface area contributed by atoms with E-state index in [9.17, 15) is 9.59 Å². The third-order valence-corrected chi connectivity index (χ3v) is 8.06. The Hall–Kier alpha value is -2.67. The highest BCUT2D eigenvalue weighted by Crippen LogP contribution is 2.61. The molecule has 2 atom stereocenters. The molecule has 4 heterocycles. The maximum absolute atomic E-state index is 14.1. The highest BCUT2D eigenvalue weighted by Gasteiger charge is 2.64. The molecule has 2 aromatic carbocycles. The van der Waals surface area contributed by atoms with E-state index >= 15 is 0 Å². The van der Waals surface area contributed by atoms with Crippen molar-refractivity contribution in [3.05, 3.63) is 47.5 Å². The Morgan fingerprint density at radius 2 is 1.87 bits per heavy atom. The molecule has 0 saturated carbocycles. The lowest BCUT2D eigenvalue weighted by Gasteiger charge is -2.44. The average Bonchev–Trinajstić information content (AvgIpc) is 3.37. The van der Waals surface area contributed by atoms with Gasteiger partial charge in [0.1, 0.15) is 0 Å². The quantitative estimate of drug-likeness (QED) is 0.696. The monoisotopic (exact) mass is 422 g/mol. The Bertz CT molecular complexity index is 1130. The molecule has 30 heavy (non-hydrogen) atoms. The lowest BCUT2D eigenvalue weighted by molar-refractivity contribution is -0.124. The van der Waals surface area contributed by atoms with Crippen LogP contribution in [0, 0.1) is 0 Å². The number of benzene rings is 2. The Morgan fingerprint density at radius 1 is 1.07 bits per heavy atom. The summed E-state index contributed by atoms with van der Waals surface area (Å²) in [6.07, 6.45) is 0.883. The van der Waals surface area contributed by atoms with Gasteiger partial charge in [-0.15, -0.1) is 11.8 Å². The van der Waals surface area contributed by atoms with Gasteiger partial charge < -0.3 is 14.4 Å². The van der Waals surface area contributed by atoms with Crippen LogP contribution in [0.3, 0.4) is 0 Å². The average molecular weight is 423 g/mol.